The number of nitrogens with zero attached hydrogens (tertiary/aromatic N) is 4. The summed E-state index contributed by atoms with van der Waals surface area (Å²) in [6.07, 6.45) is 3.70. The first kappa shape index (κ1) is 31.9. The largest absolute Gasteiger partial charge is 0.374 e. The molecule has 1 aliphatic rings. The van der Waals surface area contributed by atoms with Gasteiger partial charge in [-0.05, 0) is 74.1 Å². The van der Waals surface area contributed by atoms with E-state index in [0.29, 0.717) is 47.7 Å². The van der Waals surface area contributed by atoms with E-state index < -0.39 is 12.0 Å². The zero-order valence-electron chi connectivity index (χ0n) is 26.1. The van der Waals surface area contributed by atoms with Crippen LogP contribution in [-0.2, 0) is 13.0 Å². The summed E-state index contributed by atoms with van der Waals surface area (Å²) >= 11 is 6.40. The van der Waals surface area contributed by atoms with Gasteiger partial charge in [-0.15, -0.1) is 0 Å². The Balaban J connectivity index is 1.58. The molecule has 232 valence electrons. The number of unbranched alkanes of at least 4 members (excludes halogenated alkanes) is 2. The van der Waals surface area contributed by atoms with Crippen LogP contribution < -0.4 is 0 Å². The van der Waals surface area contributed by atoms with Gasteiger partial charge < -0.3 is 10.0 Å². The number of aromatic nitrogens is 2. The predicted molar refractivity (Wildman–Crippen MR) is 175 cm³/mol. The van der Waals surface area contributed by atoms with Gasteiger partial charge in [0.15, 0.2) is 5.69 Å². The molecule has 1 amide bonds. The minimum atomic E-state index is -0.992. The number of rotatable bonds is 11. The van der Waals surface area contributed by atoms with Gasteiger partial charge in [0.1, 0.15) is 12.0 Å². The number of aliphatic hydroxyl groups is 1. The standard InChI is InChI=1S/C36H42ClFN4O2/c1-5-7-18-40(19-8-6-2)36(44)32-21-25(4)42(39-32)33-17-16-27(29-14-11-15-31(38)34(29)37)22-30(33)35(43)41-23-28-13-10-9-12-26(28)20-24(41)3/h9-17,21-22,24,35,43H,5-8,18-20,23H2,1-4H3/t24-,35?/m1/s1. The van der Waals surface area contributed by atoms with Crippen LogP contribution in [0.15, 0.2) is 66.7 Å². The van der Waals surface area contributed by atoms with Gasteiger partial charge in [0.2, 0.25) is 0 Å². The number of aliphatic hydroxyl groups excluding tert-OH is 1. The summed E-state index contributed by atoms with van der Waals surface area (Å²) in [7, 11) is 0. The first-order valence-corrected chi connectivity index (χ1v) is 16.1. The molecule has 1 N–H and O–H groups in total. The number of carbonyl (C=O) groups excluding carboxylic acids is 1. The van der Waals surface area contributed by atoms with Crippen molar-refractivity contribution in [2.45, 2.75) is 78.6 Å². The summed E-state index contributed by atoms with van der Waals surface area (Å²) in [5, 5.41) is 16.9. The molecule has 0 spiro atoms. The lowest BCUT2D eigenvalue weighted by atomic mass is 9.93. The van der Waals surface area contributed by atoms with Gasteiger partial charge in [0.05, 0.1) is 10.7 Å². The molecule has 2 heterocycles. The minimum absolute atomic E-state index is 0.0309. The smallest absolute Gasteiger partial charge is 0.274 e. The fourth-order valence-corrected chi connectivity index (χ4v) is 6.29. The highest BCUT2D eigenvalue weighted by Crippen LogP contribution is 2.37. The number of aryl methyl sites for hydroxylation is 1. The highest BCUT2D eigenvalue weighted by Gasteiger charge is 2.31. The molecule has 8 heteroatoms. The molecular formula is C36H42ClFN4O2. The minimum Gasteiger partial charge on any atom is -0.374 e. The van der Waals surface area contributed by atoms with E-state index in [4.69, 9.17) is 16.7 Å². The second-order valence-corrected chi connectivity index (χ2v) is 12.2. The van der Waals surface area contributed by atoms with E-state index in [1.807, 2.05) is 48.2 Å². The van der Waals surface area contributed by atoms with Crippen molar-refractivity contribution < 1.29 is 14.3 Å². The Kier molecular flexibility index (Phi) is 10.2. The summed E-state index contributed by atoms with van der Waals surface area (Å²) in [6.45, 7) is 10.2. The zero-order valence-corrected chi connectivity index (χ0v) is 26.8. The normalized spacial score (nSPS) is 15.7. The fourth-order valence-electron chi connectivity index (χ4n) is 6.05. The zero-order chi connectivity index (χ0) is 31.4. The van der Waals surface area contributed by atoms with E-state index in [9.17, 15) is 14.3 Å². The van der Waals surface area contributed by atoms with Crippen molar-refractivity contribution in [3.63, 3.8) is 0 Å². The topological polar surface area (TPSA) is 61.6 Å². The molecule has 0 aliphatic carbocycles. The van der Waals surface area contributed by atoms with Gasteiger partial charge in [-0.1, -0.05) is 80.8 Å². The third kappa shape index (κ3) is 6.60. The van der Waals surface area contributed by atoms with Crippen LogP contribution in [0.2, 0.25) is 5.02 Å². The molecule has 5 rings (SSSR count). The van der Waals surface area contributed by atoms with Crippen molar-refractivity contribution in [3.8, 4) is 16.8 Å². The first-order chi connectivity index (χ1) is 21.2. The van der Waals surface area contributed by atoms with Crippen molar-refractivity contribution >= 4 is 17.5 Å². The van der Waals surface area contributed by atoms with Crippen LogP contribution in [0.4, 0.5) is 4.39 Å². The number of fused-ring (bicyclic) bond motifs is 1. The molecule has 6 nitrogen and oxygen atoms in total. The van der Waals surface area contributed by atoms with Crippen LogP contribution in [0, 0.1) is 12.7 Å². The molecular weight excluding hydrogens is 575 g/mol. The van der Waals surface area contributed by atoms with E-state index in [1.165, 1.54) is 17.2 Å². The van der Waals surface area contributed by atoms with E-state index in [-0.39, 0.29) is 17.0 Å². The number of hydrogen-bond acceptors (Lipinski definition) is 4. The lowest BCUT2D eigenvalue weighted by molar-refractivity contribution is -0.0344. The van der Waals surface area contributed by atoms with E-state index in [0.717, 1.165) is 37.8 Å². The van der Waals surface area contributed by atoms with Crippen LogP contribution in [0.1, 0.15) is 85.6 Å². The molecule has 1 unspecified atom stereocenters. The molecule has 3 aromatic carbocycles. The summed E-state index contributed by atoms with van der Waals surface area (Å²) in [4.78, 5) is 17.6. The average molecular weight is 617 g/mol. The Labute approximate surface area is 265 Å². The molecule has 1 aliphatic heterocycles. The second-order valence-electron chi connectivity index (χ2n) is 11.8. The Morgan fingerprint density at radius 2 is 1.75 bits per heavy atom. The maximum absolute atomic E-state index is 14.5. The van der Waals surface area contributed by atoms with Crippen LogP contribution >= 0.6 is 11.6 Å². The van der Waals surface area contributed by atoms with Crippen LogP contribution in [-0.4, -0.2) is 49.7 Å². The lowest BCUT2D eigenvalue weighted by Crippen LogP contribution is -2.41. The van der Waals surface area contributed by atoms with E-state index in [1.54, 1.807) is 16.8 Å². The van der Waals surface area contributed by atoms with Crippen molar-refractivity contribution in [1.29, 1.82) is 0 Å². The Morgan fingerprint density at radius 1 is 1.05 bits per heavy atom. The van der Waals surface area contributed by atoms with Crippen LogP contribution in [0.5, 0.6) is 0 Å². The molecule has 0 radical (unpaired) electrons. The van der Waals surface area contributed by atoms with Crippen molar-refractivity contribution in [3.05, 3.63) is 106 Å². The molecule has 2 atom stereocenters. The number of amides is 1. The molecule has 0 fully saturated rings. The number of halogens is 2. The quantitative estimate of drug-likeness (QED) is 0.185. The summed E-state index contributed by atoms with van der Waals surface area (Å²) < 4.78 is 16.2. The summed E-state index contributed by atoms with van der Waals surface area (Å²) in [6, 6.07) is 20.5. The van der Waals surface area contributed by atoms with Crippen molar-refractivity contribution in [2.24, 2.45) is 0 Å². The highest BCUT2D eigenvalue weighted by atomic mass is 35.5. The average Bonchev–Trinajstić information content (AvgIpc) is 3.42. The third-order valence-corrected chi connectivity index (χ3v) is 9.00. The SMILES string of the molecule is CCCCN(CCCC)C(=O)c1cc(C)n(-c2ccc(-c3cccc(F)c3Cl)cc2C(O)N2Cc3ccccc3C[C@H]2C)n1. The molecule has 0 saturated carbocycles. The van der Waals surface area contributed by atoms with Crippen LogP contribution in [0.3, 0.4) is 0 Å². The third-order valence-electron chi connectivity index (χ3n) is 8.62. The molecule has 1 aromatic heterocycles. The van der Waals surface area contributed by atoms with Crippen molar-refractivity contribution in [2.75, 3.05) is 13.1 Å². The van der Waals surface area contributed by atoms with E-state index in [2.05, 4.69) is 37.8 Å². The molecule has 44 heavy (non-hydrogen) atoms. The van der Waals surface area contributed by atoms with Gasteiger partial charge in [0.25, 0.3) is 5.91 Å². The van der Waals surface area contributed by atoms with Gasteiger partial charge in [0, 0.05) is 42.5 Å². The Bertz CT molecular complexity index is 1610. The van der Waals surface area contributed by atoms with Gasteiger partial charge in [-0.3, -0.25) is 9.69 Å². The number of benzene rings is 3. The lowest BCUT2D eigenvalue weighted by Gasteiger charge is -2.38. The summed E-state index contributed by atoms with van der Waals surface area (Å²) in [5.41, 5.74) is 6.11. The highest BCUT2D eigenvalue weighted by molar-refractivity contribution is 6.33. The Hall–Kier alpha value is -3.52. The molecule has 0 bridgehead atoms. The fraction of sp³-hybridized carbons (Fsp3) is 0.389. The molecule has 4 aromatic rings. The predicted octanol–water partition coefficient (Wildman–Crippen LogP) is 8.12. The van der Waals surface area contributed by atoms with Crippen LogP contribution in [0.25, 0.3) is 16.8 Å². The second kappa shape index (κ2) is 14.1. The summed E-state index contributed by atoms with van der Waals surface area (Å²) in [5.74, 6) is -0.585. The maximum atomic E-state index is 14.5. The maximum Gasteiger partial charge on any atom is 0.274 e. The number of carbonyl (C=O) groups is 1. The number of hydrogen-bond donors (Lipinski definition) is 1. The van der Waals surface area contributed by atoms with E-state index >= 15 is 0 Å². The monoisotopic (exact) mass is 616 g/mol. The first-order valence-electron chi connectivity index (χ1n) is 15.7. The van der Waals surface area contributed by atoms with Gasteiger partial charge in [-0.2, -0.15) is 5.10 Å². The molecule has 0 saturated heterocycles. The van der Waals surface area contributed by atoms with Gasteiger partial charge in [-0.25, -0.2) is 9.07 Å². The van der Waals surface area contributed by atoms with Gasteiger partial charge >= 0.3 is 0 Å². The van der Waals surface area contributed by atoms with Crippen molar-refractivity contribution in [1.82, 2.24) is 19.6 Å². The Morgan fingerprint density at radius 3 is 2.45 bits per heavy atom.